The first-order chi connectivity index (χ1) is 16.5. The summed E-state index contributed by atoms with van der Waals surface area (Å²) >= 11 is 0. The highest BCUT2D eigenvalue weighted by Crippen LogP contribution is 2.42. The van der Waals surface area contributed by atoms with Crippen molar-refractivity contribution in [2.24, 2.45) is 0 Å². The zero-order valence-corrected chi connectivity index (χ0v) is 19.6. The van der Waals surface area contributed by atoms with Crippen molar-refractivity contribution in [2.45, 2.75) is 23.1 Å². The molecule has 0 saturated carbocycles. The molecule has 0 aliphatic carbocycles. The predicted molar refractivity (Wildman–Crippen MR) is 128 cm³/mol. The summed E-state index contributed by atoms with van der Waals surface area (Å²) in [4.78, 5) is 17.8. The van der Waals surface area contributed by atoms with Crippen molar-refractivity contribution in [3.63, 3.8) is 0 Å². The fraction of sp³-hybridized carbons (Fsp3) is 0.360. The number of nitrogens with zero attached hydrogens (tertiary/aromatic N) is 4. The van der Waals surface area contributed by atoms with Crippen molar-refractivity contribution in [3.8, 4) is 11.3 Å². The standard InChI is InChI=1S/C25H26N4O4S/c30-25(27-12-14-33-15-13-27)23-21-17-34(31,32)22-9-5-4-8-20(22)24(21)29(26-23)19-10-11-28(16-19)18-6-2-1-3-7-18/h1-9,19H,10-17H2. The first-order valence-corrected chi connectivity index (χ1v) is 13.3. The lowest BCUT2D eigenvalue weighted by Gasteiger charge is -2.26. The number of aromatic nitrogens is 2. The first kappa shape index (κ1) is 21.4. The third-order valence-corrected chi connectivity index (χ3v) is 8.65. The Balaban J connectivity index is 1.46. The number of fused-ring (bicyclic) bond motifs is 3. The van der Waals surface area contributed by atoms with Crippen LogP contribution in [0.15, 0.2) is 59.5 Å². The van der Waals surface area contributed by atoms with Crippen LogP contribution in [0.5, 0.6) is 0 Å². The molecule has 0 spiro atoms. The van der Waals surface area contributed by atoms with Crippen molar-refractivity contribution >= 4 is 21.4 Å². The Kier molecular flexibility index (Phi) is 5.18. The predicted octanol–water partition coefficient (Wildman–Crippen LogP) is 2.76. The molecule has 2 aromatic carbocycles. The van der Waals surface area contributed by atoms with Crippen LogP contribution in [-0.2, 0) is 20.3 Å². The Morgan fingerprint density at radius 3 is 2.50 bits per heavy atom. The largest absolute Gasteiger partial charge is 0.378 e. The smallest absolute Gasteiger partial charge is 0.274 e. The molecule has 1 aromatic heterocycles. The molecule has 3 aromatic rings. The lowest BCUT2D eigenvalue weighted by atomic mass is 10.0. The monoisotopic (exact) mass is 478 g/mol. The molecule has 0 N–H and O–H groups in total. The molecule has 0 bridgehead atoms. The maximum atomic E-state index is 13.5. The van der Waals surface area contributed by atoms with E-state index in [4.69, 9.17) is 9.84 Å². The van der Waals surface area contributed by atoms with E-state index in [1.165, 1.54) is 0 Å². The van der Waals surface area contributed by atoms with E-state index in [2.05, 4.69) is 17.0 Å². The van der Waals surface area contributed by atoms with Gasteiger partial charge in [-0.3, -0.25) is 9.48 Å². The Bertz CT molecular complexity index is 1350. The maximum Gasteiger partial charge on any atom is 0.274 e. The fourth-order valence-electron chi connectivity index (χ4n) is 5.26. The van der Waals surface area contributed by atoms with Gasteiger partial charge in [-0.05, 0) is 24.6 Å². The van der Waals surface area contributed by atoms with E-state index in [0.717, 1.165) is 30.9 Å². The molecular formula is C25H26N4O4S. The zero-order chi connectivity index (χ0) is 23.3. The Morgan fingerprint density at radius 2 is 1.71 bits per heavy atom. The van der Waals surface area contributed by atoms with E-state index in [9.17, 15) is 13.2 Å². The lowest BCUT2D eigenvalue weighted by molar-refractivity contribution is 0.0297. The van der Waals surface area contributed by atoms with Crippen LogP contribution in [0.25, 0.3) is 11.3 Å². The number of para-hydroxylation sites is 1. The van der Waals surface area contributed by atoms with Crippen LogP contribution in [0, 0.1) is 0 Å². The third-order valence-electron chi connectivity index (χ3n) is 6.95. The molecule has 176 valence electrons. The Morgan fingerprint density at radius 1 is 0.971 bits per heavy atom. The molecule has 6 rings (SSSR count). The summed E-state index contributed by atoms with van der Waals surface area (Å²) in [5.74, 6) is -0.425. The van der Waals surface area contributed by atoms with E-state index < -0.39 is 9.84 Å². The molecule has 34 heavy (non-hydrogen) atoms. The quantitative estimate of drug-likeness (QED) is 0.576. The molecule has 3 aliphatic heterocycles. The summed E-state index contributed by atoms with van der Waals surface area (Å²) in [5.41, 5.74) is 3.33. The third kappa shape index (κ3) is 3.50. The molecular weight excluding hydrogens is 452 g/mol. The number of carbonyl (C=O) groups excluding carboxylic acids is 1. The number of carbonyl (C=O) groups is 1. The number of hydrogen-bond acceptors (Lipinski definition) is 6. The van der Waals surface area contributed by atoms with Gasteiger partial charge in [0.15, 0.2) is 15.5 Å². The first-order valence-electron chi connectivity index (χ1n) is 11.6. The summed E-state index contributed by atoms with van der Waals surface area (Å²) in [6.07, 6.45) is 0.864. The van der Waals surface area contributed by atoms with Crippen LogP contribution in [-0.4, -0.2) is 68.4 Å². The molecule has 0 radical (unpaired) electrons. The van der Waals surface area contributed by atoms with Gasteiger partial charge in [-0.25, -0.2) is 8.42 Å². The number of ether oxygens (including phenoxy) is 1. The maximum absolute atomic E-state index is 13.5. The number of rotatable bonds is 3. The second-order valence-electron chi connectivity index (χ2n) is 9.00. The van der Waals surface area contributed by atoms with Gasteiger partial charge in [0.05, 0.1) is 35.6 Å². The van der Waals surface area contributed by atoms with Crippen LogP contribution < -0.4 is 4.90 Å². The molecule has 1 amide bonds. The Hall–Kier alpha value is -3.17. The van der Waals surface area contributed by atoms with Gasteiger partial charge in [-0.1, -0.05) is 36.4 Å². The minimum absolute atomic E-state index is 0.0362. The highest BCUT2D eigenvalue weighted by Gasteiger charge is 2.39. The second-order valence-corrected chi connectivity index (χ2v) is 11.0. The summed E-state index contributed by atoms with van der Waals surface area (Å²) in [5, 5.41) is 4.84. The highest BCUT2D eigenvalue weighted by atomic mass is 32.2. The number of anilines is 1. The van der Waals surface area contributed by atoms with Crippen LogP contribution in [0.2, 0.25) is 0 Å². The van der Waals surface area contributed by atoms with Crippen molar-refractivity contribution in [1.29, 1.82) is 0 Å². The number of sulfone groups is 1. The minimum atomic E-state index is -3.57. The summed E-state index contributed by atoms with van der Waals surface area (Å²) in [6.45, 7) is 3.53. The molecule has 3 aliphatic rings. The summed E-state index contributed by atoms with van der Waals surface area (Å²) in [6, 6.07) is 17.3. The second kappa shape index (κ2) is 8.25. The molecule has 8 nitrogen and oxygen atoms in total. The highest BCUT2D eigenvalue weighted by molar-refractivity contribution is 7.90. The zero-order valence-electron chi connectivity index (χ0n) is 18.8. The fourth-order valence-corrected chi connectivity index (χ4v) is 6.85. The molecule has 2 fully saturated rings. The van der Waals surface area contributed by atoms with Gasteiger partial charge in [0.2, 0.25) is 0 Å². The van der Waals surface area contributed by atoms with E-state index in [-0.39, 0.29) is 23.4 Å². The number of benzene rings is 2. The average molecular weight is 479 g/mol. The molecule has 1 unspecified atom stereocenters. The average Bonchev–Trinajstić information content (AvgIpc) is 3.50. The van der Waals surface area contributed by atoms with Gasteiger partial charge in [-0.15, -0.1) is 0 Å². The van der Waals surface area contributed by atoms with Crippen molar-refractivity contribution < 1.29 is 17.9 Å². The van der Waals surface area contributed by atoms with Gasteiger partial charge in [0.1, 0.15) is 0 Å². The van der Waals surface area contributed by atoms with Crippen LogP contribution in [0.4, 0.5) is 5.69 Å². The van der Waals surface area contributed by atoms with Gasteiger partial charge in [-0.2, -0.15) is 5.10 Å². The van der Waals surface area contributed by atoms with E-state index in [1.807, 2.05) is 35.0 Å². The minimum Gasteiger partial charge on any atom is -0.378 e. The van der Waals surface area contributed by atoms with Gasteiger partial charge in [0, 0.05) is 43.0 Å². The SMILES string of the molecule is O=C(c1nn(C2CCN(c3ccccc3)C2)c2c1CS(=O)(=O)c1ccccc1-2)N1CCOCC1. The number of morpholine rings is 1. The van der Waals surface area contributed by atoms with Crippen LogP contribution >= 0.6 is 0 Å². The number of amides is 1. The molecule has 9 heteroatoms. The molecule has 4 heterocycles. The van der Waals surface area contributed by atoms with Gasteiger partial charge in [0.25, 0.3) is 5.91 Å². The Labute approximate surface area is 198 Å². The lowest BCUT2D eigenvalue weighted by Crippen LogP contribution is -2.41. The van der Waals surface area contributed by atoms with Gasteiger partial charge >= 0.3 is 0 Å². The number of hydrogen-bond donors (Lipinski definition) is 0. The van der Waals surface area contributed by atoms with Gasteiger partial charge < -0.3 is 14.5 Å². The normalized spacial score (nSPS) is 21.2. The van der Waals surface area contributed by atoms with E-state index in [0.29, 0.717) is 42.3 Å². The summed E-state index contributed by atoms with van der Waals surface area (Å²) in [7, 11) is -3.57. The van der Waals surface area contributed by atoms with Crippen molar-refractivity contribution in [2.75, 3.05) is 44.3 Å². The van der Waals surface area contributed by atoms with E-state index >= 15 is 0 Å². The summed E-state index contributed by atoms with van der Waals surface area (Å²) < 4.78 is 33.7. The van der Waals surface area contributed by atoms with Crippen molar-refractivity contribution in [1.82, 2.24) is 14.7 Å². The van der Waals surface area contributed by atoms with Crippen LogP contribution in [0.3, 0.4) is 0 Å². The van der Waals surface area contributed by atoms with Crippen molar-refractivity contribution in [3.05, 3.63) is 65.9 Å². The van der Waals surface area contributed by atoms with E-state index in [1.54, 1.807) is 17.0 Å². The molecule has 2 saturated heterocycles. The van der Waals surface area contributed by atoms with Crippen LogP contribution in [0.1, 0.15) is 28.5 Å². The topological polar surface area (TPSA) is 84.7 Å². The molecule has 1 atom stereocenters.